The van der Waals surface area contributed by atoms with Gasteiger partial charge in [0.15, 0.2) is 0 Å². The molecule has 94 valence electrons. The Morgan fingerprint density at radius 1 is 1.11 bits per heavy atom. The van der Waals surface area contributed by atoms with Crippen molar-refractivity contribution >= 4 is 10.9 Å². The minimum Gasteiger partial charge on any atom is -0.253 e. The summed E-state index contributed by atoms with van der Waals surface area (Å²) in [6, 6.07) is 1.94. The van der Waals surface area contributed by atoms with E-state index in [0.29, 0.717) is 0 Å². The van der Waals surface area contributed by atoms with Crippen LogP contribution in [0, 0.1) is 20.8 Å². The van der Waals surface area contributed by atoms with Crippen molar-refractivity contribution < 1.29 is 4.39 Å². The predicted octanol–water partition coefficient (Wildman–Crippen LogP) is 4.12. The lowest BCUT2D eigenvalue weighted by Gasteiger charge is -2.23. The molecule has 0 unspecified atom stereocenters. The highest BCUT2D eigenvalue weighted by Crippen LogP contribution is 2.35. The summed E-state index contributed by atoms with van der Waals surface area (Å²) in [5.74, 6) is 0. The smallest absolute Gasteiger partial charge is 0.115 e. The zero-order valence-electron chi connectivity index (χ0n) is 11.2. The molecule has 18 heavy (non-hydrogen) atoms. The molecule has 2 heteroatoms. The SMILES string of the molecule is Cc1nc2cc(CF)c(C)c3c2c(c1C)CCC3. The molecule has 0 radical (unpaired) electrons. The van der Waals surface area contributed by atoms with Gasteiger partial charge in [0.05, 0.1) is 5.52 Å². The van der Waals surface area contributed by atoms with E-state index < -0.39 is 6.67 Å². The molecule has 0 spiro atoms. The second kappa shape index (κ2) is 4.04. The Kier molecular flexibility index (Phi) is 2.61. The van der Waals surface area contributed by atoms with Gasteiger partial charge in [-0.2, -0.15) is 0 Å². The van der Waals surface area contributed by atoms with Gasteiger partial charge in [0.1, 0.15) is 6.67 Å². The molecule has 1 aliphatic carbocycles. The van der Waals surface area contributed by atoms with E-state index in [4.69, 9.17) is 0 Å². The van der Waals surface area contributed by atoms with Crippen LogP contribution in [-0.2, 0) is 19.5 Å². The van der Waals surface area contributed by atoms with Gasteiger partial charge in [-0.3, -0.25) is 4.98 Å². The summed E-state index contributed by atoms with van der Waals surface area (Å²) < 4.78 is 13.1. The average molecular weight is 243 g/mol. The number of aromatic nitrogens is 1. The van der Waals surface area contributed by atoms with E-state index in [-0.39, 0.29) is 0 Å². The summed E-state index contributed by atoms with van der Waals surface area (Å²) in [6.45, 7) is 5.87. The molecule has 1 aromatic carbocycles. The molecular formula is C16H18FN. The van der Waals surface area contributed by atoms with Gasteiger partial charge in [0.2, 0.25) is 0 Å². The van der Waals surface area contributed by atoms with Gasteiger partial charge in [0.25, 0.3) is 0 Å². The van der Waals surface area contributed by atoms with E-state index in [9.17, 15) is 4.39 Å². The molecule has 3 rings (SSSR count). The fourth-order valence-electron chi connectivity index (χ4n) is 3.18. The quantitative estimate of drug-likeness (QED) is 0.734. The lowest BCUT2D eigenvalue weighted by atomic mass is 9.84. The van der Waals surface area contributed by atoms with Gasteiger partial charge in [-0.25, -0.2) is 4.39 Å². The Bertz CT molecular complexity index is 644. The van der Waals surface area contributed by atoms with Gasteiger partial charge in [-0.15, -0.1) is 0 Å². The molecule has 0 aliphatic heterocycles. The number of pyridine rings is 1. The maximum atomic E-state index is 13.1. The van der Waals surface area contributed by atoms with Crippen LogP contribution in [0.1, 0.15) is 39.9 Å². The Morgan fingerprint density at radius 2 is 1.78 bits per heavy atom. The zero-order chi connectivity index (χ0) is 12.9. The summed E-state index contributed by atoms with van der Waals surface area (Å²) in [5, 5.41) is 1.30. The van der Waals surface area contributed by atoms with Crippen LogP contribution in [0.2, 0.25) is 0 Å². The number of hydrogen-bond acceptors (Lipinski definition) is 1. The molecule has 2 aromatic rings. The third kappa shape index (κ3) is 1.48. The lowest BCUT2D eigenvalue weighted by molar-refractivity contribution is 0.483. The van der Waals surface area contributed by atoms with Crippen molar-refractivity contribution in [2.45, 2.75) is 46.7 Å². The minimum absolute atomic E-state index is 0.390. The van der Waals surface area contributed by atoms with E-state index >= 15 is 0 Å². The number of hydrogen-bond donors (Lipinski definition) is 0. The maximum Gasteiger partial charge on any atom is 0.115 e. The molecule has 0 amide bonds. The first-order valence-corrected chi connectivity index (χ1v) is 6.60. The minimum atomic E-state index is -0.390. The van der Waals surface area contributed by atoms with Crippen molar-refractivity contribution in [2.75, 3.05) is 0 Å². The number of rotatable bonds is 1. The molecule has 0 atom stereocenters. The molecular weight excluding hydrogens is 225 g/mol. The third-order valence-electron chi connectivity index (χ3n) is 4.39. The van der Waals surface area contributed by atoms with Crippen LogP contribution in [0.15, 0.2) is 6.07 Å². The summed E-state index contributed by atoms with van der Waals surface area (Å²) in [6.07, 6.45) is 3.36. The van der Waals surface area contributed by atoms with Gasteiger partial charge < -0.3 is 0 Å². The van der Waals surface area contributed by atoms with Crippen LogP contribution in [0.25, 0.3) is 10.9 Å². The Hall–Kier alpha value is -1.44. The van der Waals surface area contributed by atoms with Gasteiger partial charge in [-0.1, -0.05) is 0 Å². The Balaban J connectivity index is 2.49. The van der Waals surface area contributed by atoms with Crippen LogP contribution < -0.4 is 0 Å². The highest BCUT2D eigenvalue weighted by atomic mass is 19.1. The molecule has 0 saturated carbocycles. The maximum absolute atomic E-state index is 13.1. The van der Waals surface area contributed by atoms with Crippen molar-refractivity contribution in [3.8, 4) is 0 Å². The normalized spacial score (nSPS) is 14.2. The fourth-order valence-corrected chi connectivity index (χ4v) is 3.18. The van der Waals surface area contributed by atoms with Gasteiger partial charge in [-0.05, 0) is 73.9 Å². The molecule has 1 nitrogen and oxygen atoms in total. The molecule has 1 heterocycles. The monoisotopic (exact) mass is 243 g/mol. The van der Waals surface area contributed by atoms with E-state index in [1.807, 2.05) is 13.0 Å². The number of nitrogens with zero attached hydrogens (tertiary/aromatic N) is 1. The van der Waals surface area contributed by atoms with Crippen molar-refractivity contribution in [1.29, 1.82) is 0 Å². The first-order chi connectivity index (χ1) is 8.63. The summed E-state index contributed by atoms with van der Waals surface area (Å²) in [4.78, 5) is 4.66. The highest BCUT2D eigenvalue weighted by molar-refractivity contribution is 5.89. The standard InChI is InChI=1S/C16H18FN/c1-9-11(3)18-15-7-12(8-17)10(2)14-6-4-5-13(9)16(14)15/h7H,4-6,8H2,1-3H3. The number of halogens is 1. The van der Waals surface area contributed by atoms with E-state index in [1.165, 1.54) is 28.5 Å². The topological polar surface area (TPSA) is 12.9 Å². The Labute approximate surface area is 107 Å². The van der Waals surface area contributed by atoms with Crippen molar-refractivity contribution in [3.05, 3.63) is 39.6 Å². The number of alkyl halides is 1. The number of benzene rings is 1. The fraction of sp³-hybridized carbons (Fsp3) is 0.438. The van der Waals surface area contributed by atoms with Crippen LogP contribution in [0.4, 0.5) is 4.39 Å². The van der Waals surface area contributed by atoms with Crippen molar-refractivity contribution in [3.63, 3.8) is 0 Å². The second-order valence-electron chi connectivity index (χ2n) is 5.32. The van der Waals surface area contributed by atoms with Crippen molar-refractivity contribution in [2.24, 2.45) is 0 Å². The lowest BCUT2D eigenvalue weighted by Crippen LogP contribution is -2.09. The highest BCUT2D eigenvalue weighted by Gasteiger charge is 2.20. The average Bonchev–Trinajstić information content (AvgIpc) is 2.39. The summed E-state index contributed by atoms with van der Waals surface area (Å²) in [5.41, 5.74) is 8.09. The van der Waals surface area contributed by atoms with E-state index in [2.05, 4.69) is 18.8 Å². The Morgan fingerprint density at radius 3 is 2.44 bits per heavy atom. The van der Waals surface area contributed by atoms with Crippen molar-refractivity contribution in [1.82, 2.24) is 4.98 Å². The summed E-state index contributed by atoms with van der Waals surface area (Å²) >= 11 is 0. The molecule has 0 fully saturated rings. The van der Waals surface area contributed by atoms with Crippen LogP contribution in [0.5, 0.6) is 0 Å². The molecule has 0 bridgehead atoms. The largest absolute Gasteiger partial charge is 0.253 e. The molecule has 0 N–H and O–H groups in total. The molecule has 1 aromatic heterocycles. The van der Waals surface area contributed by atoms with Crippen LogP contribution in [0.3, 0.4) is 0 Å². The zero-order valence-corrected chi connectivity index (χ0v) is 11.2. The van der Waals surface area contributed by atoms with Gasteiger partial charge in [0, 0.05) is 11.1 Å². The first-order valence-electron chi connectivity index (χ1n) is 6.60. The molecule has 1 aliphatic rings. The van der Waals surface area contributed by atoms with Crippen LogP contribution in [-0.4, -0.2) is 4.98 Å². The predicted molar refractivity (Wildman–Crippen MR) is 72.8 cm³/mol. The van der Waals surface area contributed by atoms with Crippen LogP contribution >= 0.6 is 0 Å². The van der Waals surface area contributed by atoms with Gasteiger partial charge >= 0.3 is 0 Å². The number of aryl methyl sites for hydroxylation is 3. The van der Waals surface area contributed by atoms with E-state index in [1.54, 1.807) is 0 Å². The van der Waals surface area contributed by atoms with E-state index in [0.717, 1.165) is 35.2 Å². The summed E-state index contributed by atoms with van der Waals surface area (Å²) in [7, 11) is 0. The molecule has 0 saturated heterocycles. The first kappa shape index (κ1) is 11.6. The third-order valence-corrected chi connectivity index (χ3v) is 4.39. The second-order valence-corrected chi connectivity index (χ2v) is 5.32.